The van der Waals surface area contributed by atoms with Crippen molar-refractivity contribution in [1.82, 2.24) is 0 Å². The molecule has 0 bridgehead atoms. The lowest BCUT2D eigenvalue weighted by molar-refractivity contribution is 0.384. The van der Waals surface area contributed by atoms with Crippen molar-refractivity contribution in [3.63, 3.8) is 0 Å². The largest absolute Gasteiger partial charge is 0.453 e. The highest BCUT2D eigenvalue weighted by atomic mass is 35.5. The molecule has 0 saturated heterocycles. The highest BCUT2D eigenvalue weighted by molar-refractivity contribution is 7.92. The molecule has 90 valence electrons. The zero-order valence-electron chi connectivity index (χ0n) is 9.17. The van der Waals surface area contributed by atoms with Crippen LogP contribution in [-0.2, 0) is 15.5 Å². The summed E-state index contributed by atoms with van der Waals surface area (Å²) in [6, 6.07) is 7.41. The van der Waals surface area contributed by atoms with Gasteiger partial charge in [0.1, 0.15) is 17.1 Å². The predicted molar refractivity (Wildman–Crippen MR) is 72.5 cm³/mol. The number of benzene rings is 1. The Hall–Kier alpha value is -1.65. The van der Waals surface area contributed by atoms with Crippen LogP contribution in [0.4, 0.5) is 0 Å². The molecule has 1 atom stereocenters. The van der Waals surface area contributed by atoms with E-state index in [-0.39, 0.29) is 0 Å². The maximum atomic E-state index is 11.7. The van der Waals surface area contributed by atoms with Gasteiger partial charge in [-0.1, -0.05) is 29.8 Å². The quantitative estimate of drug-likeness (QED) is 0.791. The maximum absolute atomic E-state index is 11.7. The van der Waals surface area contributed by atoms with Crippen LogP contribution in [0.15, 0.2) is 63.9 Å². The third-order valence-electron chi connectivity index (χ3n) is 2.58. The summed E-state index contributed by atoms with van der Waals surface area (Å²) < 4.78 is 17.1. The van der Waals surface area contributed by atoms with Crippen LogP contribution in [-0.4, -0.2) is 9.92 Å². The minimum absolute atomic E-state index is 0.405. The van der Waals surface area contributed by atoms with Crippen molar-refractivity contribution in [1.29, 1.82) is 0 Å². The number of nitrogens with zero attached hydrogens (tertiary/aromatic N) is 1. The summed E-state index contributed by atoms with van der Waals surface area (Å²) in [5.41, 5.74) is 2.18. The first kappa shape index (κ1) is 11.4. The molecule has 1 aromatic carbocycles. The Morgan fingerprint density at radius 1 is 1.28 bits per heavy atom. The summed E-state index contributed by atoms with van der Waals surface area (Å²) in [4.78, 5) is 4.31. The van der Waals surface area contributed by atoms with Gasteiger partial charge >= 0.3 is 0 Å². The minimum atomic E-state index is -1.25. The Labute approximate surface area is 112 Å². The van der Waals surface area contributed by atoms with Gasteiger partial charge in [-0.25, -0.2) is 4.21 Å². The minimum Gasteiger partial charge on any atom is -0.453 e. The second kappa shape index (κ2) is 4.55. The molecule has 1 unspecified atom stereocenters. The van der Waals surface area contributed by atoms with Crippen molar-refractivity contribution in [2.75, 3.05) is 0 Å². The highest BCUT2D eigenvalue weighted by Gasteiger charge is 2.24. The normalized spacial score (nSPS) is 21.4. The molecule has 2 aliphatic heterocycles. The molecule has 3 rings (SSSR count). The number of hydrogen-bond donors (Lipinski definition) is 0. The molecule has 0 aromatic heterocycles. The van der Waals surface area contributed by atoms with Gasteiger partial charge in [0, 0.05) is 16.0 Å². The van der Waals surface area contributed by atoms with Crippen LogP contribution in [0, 0.1) is 0 Å². The second-order valence-electron chi connectivity index (χ2n) is 3.66. The Kier molecular flexibility index (Phi) is 2.89. The molecule has 0 amide bonds. The number of rotatable bonds is 1. The van der Waals surface area contributed by atoms with Crippen LogP contribution >= 0.6 is 11.6 Å². The number of halogens is 1. The maximum Gasteiger partial charge on any atom is 0.203 e. The summed E-state index contributed by atoms with van der Waals surface area (Å²) in [6.07, 6.45) is 4.70. The summed E-state index contributed by atoms with van der Waals surface area (Å²) in [7, 11) is -1.25. The molecule has 5 heteroatoms. The van der Waals surface area contributed by atoms with Crippen LogP contribution in [0.1, 0.15) is 5.56 Å². The van der Waals surface area contributed by atoms with E-state index in [0.717, 1.165) is 5.56 Å². The molecular weight excluding hydrogens is 270 g/mol. The fraction of sp³-hybridized carbons (Fsp3) is 0. The van der Waals surface area contributed by atoms with Crippen molar-refractivity contribution in [2.24, 2.45) is 4.99 Å². The van der Waals surface area contributed by atoms with Gasteiger partial charge < -0.3 is 4.74 Å². The Bertz CT molecular complexity index is 659. The number of hydrogen-bond acceptors (Lipinski definition) is 3. The van der Waals surface area contributed by atoms with Crippen molar-refractivity contribution < 1.29 is 8.95 Å². The zero-order valence-corrected chi connectivity index (χ0v) is 10.7. The molecule has 0 radical (unpaired) electrons. The molecule has 0 fully saturated rings. The van der Waals surface area contributed by atoms with E-state index in [0.29, 0.717) is 21.4 Å². The summed E-state index contributed by atoms with van der Waals surface area (Å²) in [6.45, 7) is 0. The standard InChI is InChI=1S/C13H8ClNO2S/c14-11-4-2-1-3-9(11)12-10-5-8-18(16)13(10)17-7-6-15-12/h1-8H. The van der Waals surface area contributed by atoms with Gasteiger partial charge in [0.15, 0.2) is 0 Å². The van der Waals surface area contributed by atoms with E-state index in [4.69, 9.17) is 16.3 Å². The van der Waals surface area contributed by atoms with Crippen molar-refractivity contribution in [3.05, 3.63) is 69.5 Å². The summed E-state index contributed by atoms with van der Waals surface area (Å²) in [5, 5.41) is 2.59. The fourth-order valence-corrected chi connectivity index (χ4v) is 2.93. The van der Waals surface area contributed by atoms with Gasteiger partial charge in [0.2, 0.25) is 5.09 Å². The van der Waals surface area contributed by atoms with Gasteiger partial charge in [-0.3, -0.25) is 4.99 Å². The Morgan fingerprint density at radius 3 is 2.94 bits per heavy atom. The zero-order chi connectivity index (χ0) is 12.5. The monoisotopic (exact) mass is 277 g/mol. The first-order chi connectivity index (χ1) is 8.77. The van der Waals surface area contributed by atoms with Crippen LogP contribution in [0.25, 0.3) is 0 Å². The predicted octanol–water partition coefficient (Wildman–Crippen LogP) is 3.12. The summed E-state index contributed by atoms with van der Waals surface area (Å²) in [5.74, 6) is 0. The fourth-order valence-electron chi connectivity index (χ4n) is 1.79. The molecule has 2 heterocycles. The van der Waals surface area contributed by atoms with Crippen molar-refractivity contribution in [3.8, 4) is 0 Å². The molecule has 18 heavy (non-hydrogen) atoms. The van der Waals surface area contributed by atoms with Gasteiger partial charge in [-0.15, -0.1) is 0 Å². The van der Waals surface area contributed by atoms with E-state index in [1.54, 1.807) is 17.6 Å². The molecule has 2 aliphatic rings. The SMILES string of the molecule is O=S1C=CC2=C1OC=CN=C2c1ccccc1Cl. The third-order valence-corrected chi connectivity index (χ3v) is 3.98. The van der Waals surface area contributed by atoms with E-state index in [1.165, 1.54) is 12.5 Å². The van der Waals surface area contributed by atoms with Crippen LogP contribution in [0.5, 0.6) is 0 Å². The molecule has 3 nitrogen and oxygen atoms in total. The first-order valence-electron chi connectivity index (χ1n) is 5.25. The Morgan fingerprint density at radius 2 is 2.11 bits per heavy atom. The first-order valence-corrected chi connectivity index (χ1v) is 6.84. The molecular formula is C13H8ClNO2S. The van der Waals surface area contributed by atoms with Gasteiger partial charge in [0.25, 0.3) is 0 Å². The highest BCUT2D eigenvalue weighted by Crippen LogP contribution is 2.29. The molecule has 0 spiro atoms. The van der Waals surface area contributed by atoms with Crippen LogP contribution < -0.4 is 0 Å². The second-order valence-corrected chi connectivity index (χ2v) is 5.31. The lowest BCUT2D eigenvalue weighted by atomic mass is 10.0. The lowest BCUT2D eigenvalue weighted by Gasteiger charge is -2.07. The van der Waals surface area contributed by atoms with E-state index >= 15 is 0 Å². The van der Waals surface area contributed by atoms with Crippen LogP contribution in [0.2, 0.25) is 5.02 Å². The number of allylic oxidation sites excluding steroid dienone is 2. The van der Waals surface area contributed by atoms with E-state index < -0.39 is 10.8 Å². The Balaban J connectivity index is 2.19. The van der Waals surface area contributed by atoms with Gasteiger partial charge in [-0.05, 0) is 12.1 Å². The van der Waals surface area contributed by atoms with Crippen LogP contribution in [0.3, 0.4) is 0 Å². The average molecular weight is 278 g/mol. The molecule has 0 N–H and O–H groups in total. The average Bonchev–Trinajstić information content (AvgIpc) is 2.62. The molecule has 0 saturated carbocycles. The molecule has 0 aliphatic carbocycles. The lowest BCUT2D eigenvalue weighted by Crippen LogP contribution is -2.05. The van der Waals surface area contributed by atoms with Crippen molar-refractivity contribution in [2.45, 2.75) is 0 Å². The van der Waals surface area contributed by atoms with E-state index in [1.807, 2.05) is 18.2 Å². The van der Waals surface area contributed by atoms with Gasteiger partial charge in [0.05, 0.1) is 17.5 Å². The van der Waals surface area contributed by atoms with Gasteiger partial charge in [-0.2, -0.15) is 0 Å². The topological polar surface area (TPSA) is 38.7 Å². The van der Waals surface area contributed by atoms with E-state index in [9.17, 15) is 4.21 Å². The third kappa shape index (κ3) is 1.83. The number of ether oxygens (including phenoxy) is 1. The van der Waals surface area contributed by atoms with Crippen molar-refractivity contribution >= 4 is 28.1 Å². The van der Waals surface area contributed by atoms with E-state index in [2.05, 4.69) is 4.99 Å². The molecule has 1 aromatic rings. The smallest absolute Gasteiger partial charge is 0.203 e. The number of aliphatic imine (C=N–C) groups is 1. The summed E-state index contributed by atoms with van der Waals surface area (Å²) >= 11 is 6.17.